The lowest BCUT2D eigenvalue weighted by atomic mass is 9.98. The number of ether oxygens (including phenoxy) is 1. The largest absolute Gasteiger partial charge is 0.391 e. The topological polar surface area (TPSA) is 29.5 Å². The first kappa shape index (κ1) is 13.7. The summed E-state index contributed by atoms with van der Waals surface area (Å²) >= 11 is 0. The molecule has 0 aliphatic heterocycles. The molecule has 2 unspecified atom stereocenters. The van der Waals surface area contributed by atoms with Crippen molar-refractivity contribution in [2.75, 3.05) is 0 Å². The molecule has 0 aromatic carbocycles. The third-order valence-electron chi connectivity index (χ3n) is 2.62. The van der Waals surface area contributed by atoms with Gasteiger partial charge in [0.05, 0.1) is 17.8 Å². The van der Waals surface area contributed by atoms with Crippen LogP contribution in [0.4, 0.5) is 0 Å². The first-order valence-electron chi connectivity index (χ1n) is 5.34. The molecule has 0 aliphatic rings. The van der Waals surface area contributed by atoms with Gasteiger partial charge in [0, 0.05) is 0 Å². The Labute approximate surface area is 88.0 Å². The van der Waals surface area contributed by atoms with E-state index in [1.54, 1.807) is 6.92 Å². The zero-order chi connectivity index (χ0) is 11.4. The minimum atomic E-state index is -0.427. The van der Waals surface area contributed by atoms with E-state index in [1.165, 1.54) is 5.57 Å². The molecular formula is C12H24O2. The molecule has 0 heterocycles. The van der Waals surface area contributed by atoms with Gasteiger partial charge >= 0.3 is 0 Å². The van der Waals surface area contributed by atoms with Crippen LogP contribution in [0.15, 0.2) is 11.6 Å². The lowest BCUT2D eigenvalue weighted by Gasteiger charge is -2.31. The predicted molar refractivity (Wildman–Crippen MR) is 60.4 cm³/mol. The molecule has 0 aromatic heterocycles. The number of allylic oxidation sites excluding steroid dienone is 1. The van der Waals surface area contributed by atoms with Crippen LogP contribution in [-0.2, 0) is 4.74 Å². The van der Waals surface area contributed by atoms with Crippen LogP contribution in [0.3, 0.4) is 0 Å². The number of hydrogen-bond donors (Lipinski definition) is 1. The number of aliphatic hydroxyl groups excluding tert-OH is 1. The quantitative estimate of drug-likeness (QED) is 0.691. The van der Waals surface area contributed by atoms with Crippen LogP contribution in [0.5, 0.6) is 0 Å². The summed E-state index contributed by atoms with van der Waals surface area (Å²) in [5.41, 5.74) is 0.930. The molecule has 0 rings (SSSR count). The van der Waals surface area contributed by atoms with E-state index < -0.39 is 6.10 Å². The van der Waals surface area contributed by atoms with E-state index >= 15 is 0 Å². The molecule has 0 saturated heterocycles. The fourth-order valence-corrected chi connectivity index (χ4v) is 1.21. The fraction of sp³-hybridized carbons (Fsp3) is 0.833. The van der Waals surface area contributed by atoms with Crippen molar-refractivity contribution < 1.29 is 9.84 Å². The fourth-order valence-electron chi connectivity index (χ4n) is 1.21. The van der Waals surface area contributed by atoms with Gasteiger partial charge in [0.2, 0.25) is 0 Å². The van der Waals surface area contributed by atoms with Crippen LogP contribution in [0.25, 0.3) is 0 Å². The highest BCUT2D eigenvalue weighted by molar-refractivity contribution is 5.11. The van der Waals surface area contributed by atoms with Gasteiger partial charge in [0.25, 0.3) is 0 Å². The Hall–Kier alpha value is -0.340. The Balaban J connectivity index is 4.40. The Morgan fingerprint density at radius 2 is 1.93 bits per heavy atom. The molecule has 2 heteroatoms. The Morgan fingerprint density at radius 1 is 1.43 bits per heavy atom. The van der Waals surface area contributed by atoms with E-state index in [1.807, 2.05) is 20.8 Å². The minimum absolute atomic E-state index is 0.134. The lowest BCUT2D eigenvalue weighted by molar-refractivity contribution is -0.0879. The highest BCUT2D eigenvalue weighted by atomic mass is 16.5. The van der Waals surface area contributed by atoms with Crippen LogP contribution < -0.4 is 0 Å². The average molecular weight is 200 g/mol. The second-order valence-corrected chi connectivity index (χ2v) is 4.37. The smallest absolute Gasteiger partial charge is 0.0837 e. The van der Waals surface area contributed by atoms with E-state index in [9.17, 15) is 5.11 Å². The molecule has 1 N–H and O–H groups in total. The van der Waals surface area contributed by atoms with Crippen molar-refractivity contribution >= 4 is 0 Å². The summed E-state index contributed by atoms with van der Waals surface area (Å²) < 4.78 is 5.80. The number of hydrogen-bond acceptors (Lipinski definition) is 2. The third-order valence-corrected chi connectivity index (χ3v) is 2.62. The second kappa shape index (κ2) is 5.52. The first-order valence-corrected chi connectivity index (χ1v) is 5.34. The van der Waals surface area contributed by atoms with Crippen molar-refractivity contribution in [3.8, 4) is 0 Å². The molecule has 2 atom stereocenters. The van der Waals surface area contributed by atoms with Gasteiger partial charge in [-0.05, 0) is 46.6 Å². The molecule has 0 bridgehead atoms. The van der Waals surface area contributed by atoms with Gasteiger partial charge in [-0.1, -0.05) is 13.0 Å². The summed E-state index contributed by atoms with van der Waals surface area (Å²) in [5.74, 6) is 0. The van der Waals surface area contributed by atoms with Crippen LogP contribution in [-0.4, -0.2) is 22.9 Å². The summed E-state index contributed by atoms with van der Waals surface area (Å²) in [4.78, 5) is 0. The normalized spacial score (nSPS) is 18.1. The van der Waals surface area contributed by atoms with Crippen LogP contribution in [0.2, 0.25) is 0 Å². The van der Waals surface area contributed by atoms with Crippen LogP contribution >= 0.6 is 0 Å². The van der Waals surface area contributed by atoms with E-state index in [0.717, 1.165) is 6.42 Å². The molecular weight excluding hydrogens is 176 g/mol. The van der Waals surface area contributed by atoms with E-state index in [0.29, 0.717) is 0 Å². The molecule has 0 amide bonds. The summed E-state index contributed by atoms with van der Waals surface area (Å²) in [5, 5.41) is 9.35. The zero-order valence-corrected chi connectivity index (χ0v) is 10.3. The first-order chi connectivity index (χ1) is 6.31. The van der Waals surface area contributed by atoms with E-state index in [-0.39, 0.29) is 11.7 Å². The number of rotatable bonds is 5. The highest BCUT2D eigenvalue weighted by Gasteiger charge is 2.25. The summed E-state index contributed by atoms with van der Waals surface area (Å²) in [6.45, 7) is 11.9. The average Bonchev–Trinajstić information content (AvgIpc) is 2.03. The van der Waals surface area contributed by atoms with Gasteiger partial charge in [0.1, 0.15) is 0 Å². The van der Waals surface area contributed by atoms with Gasteiger partial charge in [-0.3, -0.25) is 0 Å². The zero-order valence-electron chi connectivity index (χ0n) is 10.3. The van der Waals surface area contributed by atoms with Crippen molar-refractivity contribution in [3.63, 3.8) is 0 Å². The summed E-state index contributed by atoms with van der Waals surface area (Å²) in [7, 11) is 0. The Morgan fingerprint density at radius 3 is 2.29 bits per heavy atom. The standard InChI is InChI=1S/C12H24O2/c1-7-8-9(2)12(5,6)14-11(4)10(3)13/h8,10-11,13H,7H2,1-6H3/b9-8+. The van der Waals surface area contributed by atoms with Crippen molar-refractivity contribution in [1.29, 1.82) is 0 Å². The van der Waals surface area contributed by atoms with Crippen LogP contribution in [0, 0.1) is 0 Å². The van der Waals surface area contributed by atoms with Crippen LogP contribution in [0.1, 0.15) is 48.0 Å². The lowest BCUT2D eigenvalue weighted by Crippen LogP contribution is -2.35. The maximum absolute atomic E-state index is 9.35. The highest BCUT2D eigenvalue weighted by Crippen LogP contribution is 2.23. The van der Waals surface area contributed by atoms with Crippen molar-refractivity contribution in [2.45, 2.75) is 65.8 Å². The van der Waals surface area contributed by atoms with Gasteiger partial charge in [0.15, 0.2) is 0 Å². The van der Waals surface area contributed by atoms with E-state index in [2.05, 4.69) is 19.9 Å². The van der Waals surface area contributed by atoms with Gasteiger partial charge in [-0.25, -0.2) is 0 Å². The van der Waals surface area contributed by atoms with Crippen molar-refractivity contribution in [2.24, 2.45) is 0 Å². The summed E-state index contributed by atoms with van der Waals surface area (Å²) in [6, 6.07) is 0. The molecule has 0 aromatic rings. The van der Waals surface area contributed by atoms with Gasteiger partial charge < -0.3 is 9.84 Å². The molecule has 0 spiro atoms. The molecule has 0 saturated carbocycles. The third kappa shape index (κ3) is 4.25. The van der Waals surface area contributed by atoms with E-state index in [4.69, 9.17) is 4.74 Å². The second-order valence-electron chi connectivity index (χ2n) is 4.37. The molecule has 14 heavy (non-hydrogen) atoms. The maximum Gasteiger partial charge on any atom is 0.0837 e. The van der Waals surface area contributed by atoms with Crippen molar-refractivity contribution in [1.82, 2.24) is 0 Å². The van der Waals surface area contributed by atoms with Gasteiger partial charge in [-0.2, -0.15) is 0 Å². The minimum Gasteiger partial charge on any atom is -0.391 e. The Kier molecular flexibility index (Phi) is 5.38. The maximum atomic E-state index is 9.35. The molecule has 0 aliphatic carbocycles. The molecule has 2 nitrogen and oxygen atoms in total. The monoisotopic (exact) mass is 200 g/mol. The molecule has 84 valence electrons. The van der Waals surface area contributed by atoms with Gasteiger partial charge in [-0.15, -0.1) is 0 Å². The predicted octanol–water partition coefficient (Wildman–Crippen LogP) is 2.91. The van der Waals surface area contributed by atoms with Crippen molar-refractivity contribution in [3.05, 3.63) is 11.6 Å². The SMILES string of the molecule is CC/C=C(\C)C(C)(C)OC(C)C(C)O. The summed E-state index contributed by atoms with van der Waals surface area (Å²) in [6.07, 6.45) is 2.62. The number of aliphatic hydroxyl groups is 1. The Bertz CT molecular complexity index is 192. The molecule has 0 fully saturated rings. The molecule has 0 radical (unpaired) electrons.